The molecule has 2 saturated heterocycles. The summed E-state index contributed by atoms with van der Waals surface area (Å²) in [6.07, 6.45) is 3.52. The Morgan fingerprint density at radius 3 is 2.67 bits per heavy atom. The molecule has 1 N–H and O–H groups in total. The topological polar surface area (TPSA) is 110 Å². The van der Waals surface area contributed by atoms with Crippen molar-refractivity contribution in [1.29, 1.82) is 0 Å². The Morgan fingerprint density at radius 1 is 1.21 bits per heavy atom. The lowest BCUT2D eigenvalue weighted by Gasteiger charge is -2.33. The van der Waals surface area contributed by atoms with Crippen LogP contribution in [0.3, 0.4) is 0 Å². The second kappa shape index (κ2) is 10.4. The van der Waals surface area contributed by atoms with Gasteiger partial charge in [-0.1, -0.05) is 43.2 Å². The van der Waals surface area contributed by atoms with E-state index in [4.69, 9.17) is 4.74 Å². The highest BCUT2D eigenvalue weighted by atomic mass is 19.1. The number of hydrogen-bond acceptors (Lipinski definition) is 6. The molecule has 2 aromatic carbocycles. The van der Waals surface area contributed by atoms with Gasteiger partial charge in [0.1, 0.15) is 0 Å². The summed E-state index contributed by atoms with van der Waals surface area (Å²) in [5.74, 6) is -2.83. The third-order valence-electron chi connectivity index (χ3n) is 8.13. The molecule has 2 amide bonds. The van der Waals surface area contributed by atoms with Crippen molar-refractivity contribution in [1.82, 2.24) is 0 Å². The van der Waals surface area contributed by atoms with E-state index in [0.29, 0.717) is 31.4 Å². The Bertz CT molecular complexity index is 1410. The second-order valence-electron chi connectivity index (χ2n) is 10.9. The normalized spacial score (nSPS) is 24.9. The number of allylic oxidation sites excluding steroid dienone is 2. The molecule has 4 atom stereocenters. The van der Waals surface area contributed by atoms with Crippen molar-refractivity contribution in [3.8, 4) is 5.75 Å². The smallest absolute Gasteiger partial charge is 0.271 e. The van der Waals surface area contributed by atoms with Gasteiger partial charge in [-0.2, -0.15) is 0 Å². The van der Waals surface area contributed by atoms with Gasteiger partial charge in [-0.15, -0.1) is 0 Å². The van der Waals surface area contributed by atoms with Crippen LogP contribution in [0, 0.1) is 39.6 Å². The molecule has 9 heteroatoms. The Hall–Kier alpha value is -3.85. The van der Waals surface area contributed by atoms with Gasteiger partial charge in [0, 0.05) is 18.1 Å². The maximum atomic E-state index is 13.7. The lowest BCUT2D eigenvalue weighted by atomic mass is 9.67. The highest BCUT2D eigenvalue weighted by Gasteiger charge is 2.57. The number of phenolic OH excluding ortho intramolecular Hbond substituents is 1. The molecule has 0 bridgehead atoms. The van der Waals surface area contributed by atoms with Gasteiger partial charge in [0.25, 0.3) is 5.69 Å². The number of amides is 2. The van der Waals surface area contributed by atoms with Crippen LogP contribution in [0.1, 0.15) is 45.6 Å². The summed E-state index contributed by atoms with van der Waals surface area (Å²) in [6.45, 7) is 6.46. The molecule has 2 heterocycles. The number of fused-ring (bicyclic) bond motifs is 3. The number of benzene rings is 2. The molecular formula is C30H31FN2O6. The standard InChI is InChI=1S/C30H31FN2O6/c1-16(2)21-14-22-28(30(36)32(29(22)35)19-5-4-6-20(13-19)33(37)38)23-15-39-26(27(21)23)10-7-17(3)11-18-8-9-25(34)24(31)12-18/h4-6,8-9,11-13,16,22-23,26,28,34H,7,10,14-15H2,1-3H3/b17-11+/t22-,23+,26-,28-/m1/s1. The van der Waals surface area contributed by atoms with Gasteiger partial charge in [0.15, 0.2) is 11.6 Å². The fraction of sp³-hybridized carbons (Fsp3) is 0.400. The van der Waals surface area contributed by atoms with Crippen LogP contribution in [0.4, 0.5) is 15.8 Å². The minimum atomic E-state index is -0.670. The summed E-state index contributed by atoms with van der Waals surface area (Å²) in [7, 11) is 0. The first-order chi connectivity index (χ1) is 18.6. The largest absolute Gasteiger partial charge is 0.505 e. The summed E-state index contributed by atoms with van der Waals surface area (Å²) in [4.78, 5) is 39.1. The number of aromatic hydroxyl groups is 1. The lowest BCUT2D eigenvalue weighted by Crippen LogP contribution is -2.35. The van der Waals surface area contributed by atoms with Gasteiger partial charge >= 0.3 is 0 Å². The lowest BCUT2D eigenvalue weighted by molar-refractivity contribution is -0.384. The van der Waals surface area contributed by atoms with E-state index < -0.39 is 22.6 Å². The molecule has 2 fully saturated rings. The molecule has 8 nitrogen and oxygen atoms in total. The van der Waals surface area contributed by atoms with Crippen molar-refractivity contribution in [2.45, 2.75) is 46.1 Å². The summed E-state index contributed by atoms with van der Waals surface area (Å²) >= 11 is 0. The summed E-state index contributed by atoms with van der Waals surface area (Å²) in [6, 6.07) is 9.92. The number of carbonyl (C=O) groups is 2. The predicted molar refractivity (Wildman–Crippen MR) is 143 cm³/mol. The number of hydrogen-bond donors (Lipinski definition) is 1. The summed E-state index contributed by atoms with van der Waals surface area (Å²) < 4.78 is 20.0. The van der Waals surface area contributed by atoms with Crippen molar-refractivity contribution < 1.29 is 28.7 Å². The van der Waals surface area contributed by atoms with Crippen LogP contribution in [0.2, 0.25) is 0 Å². The molecule has 5 rings (SSSR count). The third-order valence-corrected chi connectivity index (χ3v) is 8.13. The molecule has 1 aliphatic carbocycles. The van der Waals surface area contributed by atoms with E-state index in [1.54, 1.807) is 12.1 Å². The van der Waals surface area contributed by atoms with Gasteiger partial charge < -0.3 is 9.84 Å². The predicted octanol–water partition coefficient (Wildman–Crippen LogP) is 5.80. The van der Waals surface area contributed by atoms with Crippen LogP contribution in [-0.2, 0) is 14.3 Å². The van der Waals surface area contributed by atoms with E-state index in [1.807, 2.05) is 13.0 Å². The summed E-state index contributed by atoms with van der Waals surface area (Å²) in [5, 5.41) is 20.7. The highest BCUT2D eigenvalue weighted by Crippen LogP contribution is 2.52. The number of non-ortho nitro benzene ring substituents is 1. The van der Waals surface area contributed by atoms with Crippen LogP contribution < -0.4 is 4.90 Å². The Kier molecular flexibility index (Phi) is 7.11. The molecule has 0 saturated carbocycles. The third kappa shape index (κ3) is 4.87. The first kappa shape index (κ1) is 26.7. The number of ether oxygens (including phenoxy) is 1. The zero-order valence-electron chi connectivity index (χ0n) is 22.1. The van der Waals surface area contributed by atoms with Crippen LogP contribution in [-0.4, -0.2) is 34.6 Å². The molecule has 204 valence electrons. The molecule has 0 aromatic heterocycles. The minimum Gasteiger partial charge on any atom is -0.505 e. The summed E-state index contributed by atoms with van der Waals surface area (Å²) in [5.41, 5.74) is 3.99. The van der Waals surface area contributed by atoms with Crippen LogP contribution in [0.25, 0.3) is 6.08 Å². The molecular weight excluding hydrogens is 503 g/mol. The van der Waals surface area contributed by atoms with Gasteiger partial charge in [0.2, 0.25) is 11.8 Å². The van der Waals surface area contributed by atoms with Crippen LogP contribution in [0.5, 0.6) is 5.75 Å². The monoisotopic (exact) mass is 534 g/mol. The number of nitro groups is 1. The number of rotatable bonds is 7. The molecule has 0 spiro atoms. The fourth-order valence-corrected chi connectivity index (χ4v) is 6.29. The van der Waals surface area contributed by atoms with Crippen molar-refractivity contribution in [3.05, 3.63) is 80.7 Å². The van der Waals surface area contributed by atoms with Gasteiger partial charge in [0.05, 0.1) is 35.2 Å². The number of phenols is 1. The number of nitrogens with zero attached hydrogens (tertiary/aromatic N) is 2. The van der Waals surface area contributed by atoms with Crippen LogP contribution in [0.15, 0.2) is 59.2 Å². The number of anilines is 1. The molecule has 39 heavy (non-hydrogen) atoms. The van der Waals surface area contributed by atoms with Crippen molar-refractivity contribution in [3.63, 3.8) is 0 Å². The van der Waals surface area contributed by atoms with Crippen molar-refractivity contribution in [2.75, 3.05) is 11.5 Å². The van der Waals surface area contributed by atoms with E-state index in [-0.39, 0.29) is 46.9 Å². The zero-order chi connectivity index (χ0) is 28.0. The number of halogens is 1. The van der Waals surface area contributed by atoms with Crippen molar-refractivity contribution >= 4 is 29.3 Å². The zero-order valence-corrected chi connectivity index (χ0v) is 22.1. The van der Waals surface area contributed by atoms with Gasteiger partial charge in [-0.3, -0.25) is 19.7 Å². The SMILES string of the molecule is C/C(=C\c1ccc(O)c(F)c1)CC[C@H]1OC[C@H]2C1=C(C(C)C)C[C@H]1C(=O)N(c3cccc([N+](=O)[O-])c3)C(=O)[C@H]12. The van der Waals surface area contributed by atoms with E-state index in [9.17, 15) is 29.2 Å². The first-order valence-electron chi connectivity index (χ1n) is 13.2. The van der Waals surface area contributed by atoms with E-state index in [0.717, 1.165) is 21.6 Å². The molecule has 2 aromatic rings. The Morgan fingerprint density at radius 2 is 1.97 bits per heavy atom. The van der Waals surface area contributed by atoms with Gasteiger partial charge in [-0.25, -0.2) is 9.29 Å². The van der Waals surface area contributed by atoms with Crippen molar-refractivity contribution in [2.24, 2.45) is 23.7 Å². The number of nitro benzene ring substituents is 1. The average Bonchev–Trinajstić information content (AvgIpc) is 3.42. The first-order valence-corrected chi connectivity index (χ1v) is 13.2. The fourth-order valence-electron chi connectivity index (χ4n) is 6.29. The Balaban J connectivity index is 1.38. The second-order valence-corrected chi connectivity index (χ2v) is 10.9. The number of carbonyl (C=O) groups excluding carboxylic acids is 2. The maximum Gasteiger partial charge on any atom is 0.271 e. The van der Waals surface area contributed by atoms with Gasteiger partial charge in [-0.05, 0) is 61.4 Å². The molecule has 2 aliphatic heterocycles. The highest BCUT2D eigenvalue weighted by molar-refractivity contribution is 6.22. The maximum absolute atomic E-state index is 13.7. The minimum absolute atomic E-state index is 0.166. The quantitative estimate of drug-likeness (QED) is 0.208. The number of imide groups is 1. The molecule has 0 unspecified atom stereocenters. The average molecular weight is 535 g/mol. The van der Waals surface area contributed by atoms with E-state index in [2.05, 4.69) is 13.8 Å². The molecule has 0 radical (unpaired) electrons. The van der Waals surface area contributed by atoms with E-state index >= 15 is 0 Å². The van der Waals surface area contributed by atoms with E-state index in [1.165, 1.54) is 30.3 Å². The van der Waals surface area contributed by atoms with Crippen LogP contribution >= 0.6 is 0 Å². The molecule has 3 aliphatic rings. The Labute approximate surface area is 225 Å².